The Morgan fingerprint density at radius 1 is 1.33 bits per heavy atom. The number of phenolic OH excluding ortho intramolecular Hbond substituents is 1. The molecule has 8 heteroatoms. The fraction of sp³-hybridized carbons (Fsp3) is 0.188. The number of aromatic nitrogens is 2. The van der Waals surface area contributed by atoms with Gasteiger partial charge in [-0.15, -0.1) is 0 Å². The summed E-state index contributed by atoms with van der Waals surface area (Å²) in [5, 5.41) is 12.8. The summed E-state index contributed by atoms with van der Waals surface area (Å²) in [5.41, 5.74) is 1.32. The van der Waals surface area contributed by atoms with Gasteiger partial charge in [0.2, 0.25) is 0 Å². The Balaban J connectivity index is 2.34. The van der Waals surface area contributed by atoms with E-state index in [1.807, 2.05) is 0 Å². The number of hydrogen-bond donors (Lipinski definition) is 4. The molecule has 4 N–H and O–H groups in total. The van der Waals surface area contributed by atoms with E-state index in [-0.39, 0.29) is 10.5 Å². The molecule has 2 aromatic rings. The number of esters is 1. The van der Waals surface area contributed by atoms with E-state index in [0.29, 0.717) is 28.2 Å². The molecule has 0 fully saturated rings. The summed E-state index contributed by atoms with van der Waals surface area (Å²) in [6.07, 6.45) is 0. The third-order valence-corrected chi connectivity index (χ3v) is 4.09. The highest BCUT2D eigenvalue weighted by Gasteiger charge is 2.35. The lowest BCUT2D eigenvalue weighted by Gasteiger charge is -2.28. The number of rotatable bonds is 2. The number of nitrogens with one attached hydrogen (secondary N) is 3. The summed E-state index contributed by atoms with van der Waals surface area (Å²) >= 11 is 5.00. The van der Waals surface area contributed by atoms with Crippen molar-refractivity contribution in [3.8, 4) is 5.75 Å². The molecule has 0 amide bonds. The average Bonchev–Trinajstić information content (AvgIpc) is 2.52. The number of methoxy groups -OCH3 is 1. The normalized spacial score (nSPS) is 16.3. The molecule has 1 aromatic heterocycles. The Labute approximate surface area is 142 Å². The molecule has 0 radical (unpaired) electrons. The van der Waals surface area contributed by atoms with Crippen LogP contribution in [0.3, 0.4) is 0 Å². The van der Waals surface area contributed by atoms with Crippen LogP contribution in [-0.2, 0) is 9.53 Å². The molecule has 0 aliphatic carbocycles. The number of carbonyl (C=O) groups is 1. The molecule has 0 spiro atoms. The molecular weight excluding hydrogens is 330 g/mol. The Bertz CT molecular complexity index is 974. The lowest BCUT2D eigenvalue weighted by molar-refractivity contribution is -0.136. The van der Waals surface area contributed by atoms with Crippen LogP contribution in [-0.4, -0.2) is 28.2 Å². The van der Waals surface area contributed by atoms with Gasteiger partial charge < -0.3 is 20.1 Å². The van der Waals surface area contributed by atoms with Crippen molar-refractivity contribution in [3.05, 3.63) is 61.8 Å². The van der Waals surface area contributed by atoms with E-state index in [0.717, 1.165) is 0 Å². The van der Waals surface area contributed by atoms with Crippen molar-refractivity contribution in [2.75, 3.05) is 12.4 Å². The van der Waals surface area contributed by atoms with E-state index in [2.05, 4.69) is 15.3 Å². The van der Waals surface area contributed by atoms with Gasteiger partial charge in [0, 0.05) is 5.70 Å². The maximum Gasteiger partial charge on any atom is 0.336 e. The number of phenols is 1. The lowest BCUT2D eigenvalue weighted by atomic mass is 9.82. The largest absolute Gasteiger partial charge is 0.508 e. The van der Waals surface area contributed by atoms with Crippen LogP contribution in [0.1, 0.15) is 24.0 Å². The minimum atomic E-state index is -0.698. The number of allylic oxidation sites excluding steroid dienone is 1. The summed E-state index contributed by atoms with van der Waals surface area (Å²) in [4.78, 5) is 30.2. The van der Waals surface area contributed by atoms with Gasteiger partial charge in [0.1, 0.15) is 11.6 Å². The summed E-state index contributed by atoms with van der Waals surface area (Å²) in [6, 6.07) is 6.41. The Morgan fingerprint density at radius 2 is 2.08 bits per heavy atom. The van der Waals surface area contributed by atoms with Crippen molar-refractivity contribution in [3.63, 3.8) is 0 Å². The SMILES string of the molecule is COC(=O)C1=C(C)Nc2[nH]c(=S)[nH]c(=O)c2C1c1cccc(O)c1. The molecule has 0 bridgehead atoms. The van der Waals surface area contributed by atoms with Crippen molar-refractivity contribution >= 4 is 24.0 Å². The van der Waals surface area contributed by atoms with Crippen molar-refractivity contribution in [2.24, 2.45) is 0 Å². The minimum Gasteiger partial charge on any atom is -0.508 e. The van der Waals surface area contributed by atoms with E-state index in [1.165, 1.54) is 19.2 Å². The molecular formula is C16H15N3O4S. The second kappa shape index (κ2) is 5.97. The number of hydrogen-bond acceptors (Lipinski definition) is 6. The zero-order valence-electron chi connectivity index (χ0n) is 13.0. The van der Waals surface area contributed by atoms with Crippen LogP contribution in [0.4, 0.5) is 5.82 Å². The molecule has 124 valence electrons. The number of fused-ring (bicyclic) bond motifs is 1. The van der Waals surface area contributed by atoms with Gasteiger partial charge in [0.05, 0.1) is 24.2 Å². The second-order valence-corrected chi connectivity index (χ2v) is 5.79. The second-order valence-electron chi connectivity index (χ2n) is 5.38. The zero-order valence-corrected chi connectivity index (χ0v) is 13.8. The fourth-order valence-electron chi connectivity index (χ4n) is 2.90. The summed E-state index contributed by atoms with van der Waals surface area (Å²) in [5.74, 6) is -0.797. The van der Waals surface area contributed by atoms with Crippen molar-refractivity contribution in [2.45, 2.75) is 12.8 Å². The monoisotopic (exact) mass is 345 g/mol. The van der Waals surface area contributed by atoms with Crippen LogP contribution in [0, 0.1) is 4.77 Å². The highest BCUT2D eigenvalue weighted by atomic mass is 32.1. The molecule has 7 nitrogen and oxygen atoms in total. The Morgan fingerprint density at radius 3 is 2.75 bits per heavy atom. The molecule has 1 aromatic carbocycles. The number of anilines is 1. The van der Waals surface area contributed by atoms with Crippen LogP contribution in [0.25, 0.3) is 0 Å². The fourth-order valence-corrected chi connectivity index (χ4v) is 3.10. The number of aromatic amines is 2. The first-order valence-corrected chi connectivity index (χ1v) is 7.54. The zero-order chi connectivity index (χ0) is 17.4. The van der Waals surface area contributed by atoms with Gasteiger partial charge >= 0.3 is 5.97 Å². The maximum atomic E-state index is 12.5. The molecule has 24 heavy (non-hydrogen) atoms. The van der Waals surface area contributed by atoms with Crippen LogP contribution >= 0.6 is 12.2 Å². The van der Waals surface area contributed by atoms with Crippen molar-refractivity contribution in [1.29, 1.82) is 0 Å². The third kappa shape index (κ3) is 2.61. The Kier molecular flexibility index (Phi) is 3.98. The molecule has 2 heterocycles. The quantitative estimate of drug-likeness (QED) is 0.491. The van der Waals surface area contributed by atoms with E-state index in [4.69, 9.17) is 17.0 Å². The van der Waals surface area contributed by atoms with Crippen LogP contribution in [0.2, 0.25) is 0 Å². The van der Waals surface area contributed by atoms with E-state index >= 15 is 0 Å². The molecule has 1 atom stereocenters. The summed E-state index contributed by atoms with van der Waals surface area (Å²) in [7, 11) is 1.28. The first-order chi connectivity index (χ1) is 11.4. The lowest BCUT2D eigenvalue weighted by Crippen LogP contribution is -2.30. The smallest absolute Gasteiger partial charge is 0.336 e. The predicted molar refractivity (Wildman–Crippen MR) is 90.5 cm³/mol. The van der Waals surface area contributed by atoms with Gasteiger partial charge in [-0.05, 0) is 36.8 Å². The van der Waals surface area contributed by atoms with Gasteiger partial charge in [0.25, 0.3) is 5.56 Å². The van der Waals surface area contributed by atoms with Crippen LogP contribution < -0.4 is 10.9 Å². The van der Waals surface area contributed by atoms with Crippen LogP contribution in [0.15, 0.2) is 40.3 Å². The van der Waals surface area contributed by atoms with Crippen molar-refractivity contribution in [1.82, 2.24) is 9.97 Å². The number of H-pyrrole nitrogens is 2. The molecule has 1 unspecified atom stereocenters. The predicted octanol–water partition coefficient (Wildman–Crippen LogP) is 2.14. The number of benzene rings is 1. The van der Waals surface area contributed by atoms with Crippen molar-refractivity contribution < 1.29 is 14.6 Å². The summed E-state index contributed by atoms with van der Waals surface area (Å²) in [6.45, 7) is 1.71. The van der Waals surface area contributed by atoms with E-state index in [1.54, 1.807) is 19.1 Å². The first kappa shape index (κ1) is 16.0. The van der Waals surface area contributed by atoms with Gasteiger partial charge in [-0.25, -0.2) is 4.79 Å². The van der Waals surface area contributed by atoms with Gasteiger partial charge in [-0.3, -0.25) is 9.78 Å². The van der Waals surface area contributed by atoms with E-state index < -0.39 is 17.4 Å². The number of carbonyl (C=O) groups excluding carboxylic acids is 1. The molecule has 3 rings (SSSR count). The first-order valence-electron chi connectivity index (χ1n) is 7.14. The summed E-state index contributed by atoms with van der Waals surface area (Å²) < 4.78 is 5.05. The Hall–Kier alpha value is -2.87. The van der Waals surface area contributed by atoms with Gasteiger partial charge in [-0.1, -0.05) is 12.1 Å². The van der Waals surface area contributed by atoms with E-state index in [9.17, 15) is 14.7 Å². The topological polar surface area (TPSA) is 107 Å². The average molecular weight is 345 g/mol. The molecule has 0 saturated carbocycles. The number of aromatic hydroxyl groups is 1. The third-order valence-electron chi connectivity index (χ3n) is 3.88. The maximum absolute atomic E-state index is 12.5. The molecule has 1 aliphatic rings. The van der Waals surface area contributed by atoms with Crippen LogP contribution in [0.5, 0.6) is 5.75 Å². The number of ether oxygens (including phenoxy) is 1. The molecule has 1 aliphatic heterocycles. The highest BCUT2D eigenvalue weighted by Crippen LogP contribution is 2.40. The van der Waals surface area contributed by atoms with Gasteiger partial charge in [-0.2, -0.15) is 0 Å². The standard InChI is InChI=1S/C16H15N3O4S/c1-7-10(15(22)23-2)11(8-4-3-5-9(20)6-8)12-13(17-7)18-16(24)19-14(12)21/h3-6,11,20H,1-2H3,(H3,17,18,19,21,24). The highest BCUT2D eigenvalue weighted by molar-refractivity contribution is 7.71. The molecule has 0 saturated heterocycles. The minimum absolute atomic E-state index is 0.0368. The van der Waals surface area contributed by atoms with Gasteiger partial charge in [0.15, 0.2) is 4.77 Å².